The zero-order valence-electron chi connectivity index (χ0n) is 17.6. The van der Waals surface area contributed by atoms with Crippen LogP contribution in [-0.4, -0.2) is 61.5 Å². The van der Waals surface area contributed by atoms with E-state index in [0.717, 1.165) is 64.7 Å². The molecule has 1 saturated carbocycles. The summed E-state index contributed by atoms with van der Waals surface area (Å²) in [4.78, 5) is 30.0. The molecule has 2 saturated heterocycles. The van der Waals surface area contributed by atoms with Crippen LogP contribution in [0.4, 0.5) is 0 Å². The second-order valence-electron chi connectivity index (χ2n) is 9.22. The third-order valence-electron chi connectivity index (χ3n) is 7.27. The molecule has 1 unspecified atom stereocenters. The molecule has 4 rings (SSSR count). The Morgan fingerprint density at radius 3 is 2.45 bits per heavy atom. The van der Waals surface area contributed by atoms with Gasteiger partial charge in [-0.1, -0.05) is 43.2 Å². The summed E-state index contributed by atoms with van der Waals surface area (Å²) in [6, 6.07) is 10.4. The van der Waals surface area contributed by atoms with Crippen LogP contribution in [0.15, 0.2) is 30.3 Å². The Labute approximate surface area is 174 Å². The van der Waals surface area contributed by atoms with Gasteiger partial charge in [0, 0.05) is 45.6 Å². The second-order valence-corrected chi connectivity index (χ2v) is 9.22. The second kappa shape index (κ2) is 8.86. The van der Waals surface area contributed by atoms with Crippen molar-refractivity contribution in [1.29, 1.82) is 0 Å². The highest BCUT2D eigenvalue weighted by Gasteiger charge is 2.45. The highest BCUT2D eigenvalue weighted by atomic mass is 16.5. The van der Waals surface area contributed by atoms with Crippen LogP contribution < -0.4 is 0 Å². The predicted molar refractivity (Wildman–Crippen MR) is 112 cm³/mol. The van der Waals surface area contributed by atoms with E-state index >= 15 is 0 Å². The fourth-order valence-corrected chi connectivity index (χ4v) is 5.67. The molecule has 0 N–H and O–H groups in total. The predicted octanol–water partition coefficient (Wildman–Crippen LogP) is 3.23. The molecule has 0 aromatic heterocycles. The number of carbonyl (C=O) groups excluding carboxylic acids is 2. The zero-order valence-corrected chi connectivity index (χ0v) is 17.6. The lowest BCUT2D eigenvalue weighted by atomic mass is 9.77. The van der Waals surface area contributed by atoms with E-state index in [4.69, 9.17) is 4.74 Å². The maximum atomic E-state index is 13.6. The molecule has 1 aliphatic carbocycles. The average molecular weight is 399 g/mol. The molecule has 0 bridgehead atoms. The van der Waals surface area contributed by atoms with Crippen LogP contribution in [0.25, 0.3) is 0 Å². The van der Waals surface area contributed by atoms with Crippen molar-refractivity contribution in [2.45, 2.75) is 50.4 Å². The Hall–Kier alpha value is -1.88. The van der Waals surface area contributed by atoms with E-state index in [0.29, 0.717) is 30.8 Å². The van der Waals surface area contributed by atoms with Crippen molar-refractivity contribution in [3.63, 3.8) is 0 Å². The van der Waals surface area contributed by atoms with Crippen LogP contribution >= 0.6 is 0 Å². The van der Waals surface area contributed by atoms with Crippen LogP contribution in [-0.2, 0) is 19.7 Å². The molecule has 3 fully saturated rings. The number of methoxy groups -OCH3 is 1. The molecule has 158 valence electrons. The molecule has 2 amide bonds. The number of benzene rings is 1. The first-order chi connectivity index (χ1) is 14.1. The van der Waals surface area contributed by atoms with E-state index < -0.39 is 0 Å². The van der Waals surface area contributed by atoms with E-state index in [2.05, 4.69) is 29.2 Å². The Balaban J connectivity index is 1.34. The summed E-state index contributed by atoms with van der Waals surface area (Å²) in [5, 5.41) is 0. The first kappa shape index (κ1) is 20.4. The molecule has 2 aliphatic heterocycles. The van der Waals surface area contributed by atoms with Gasteiger partial charge in [0.25, 0.3) is 0 Å². The number of ether oxygens (including phenoxy) is 1. The number of likely N-dealkylation sites (tertiary alicyclic amines) is 2. The topological polar surface area (TPSA) is 49.9 Å². The molecule has 2 heterocycles. The smallest absolute Gasteiger partial charge is 0.233 e. The number of hydrogen-bond donors (Lipinski definition) is 0. The molecular weight excluding hydrogens is 364 g/mol. The number of rotatable bonds is 6. The number of nitrogens with zero attached hydrogens (tertiary/aromatic N) is 2. The molecule has 0 spiro atoms. The normalized spacial score (nSPS) is 25.0. The van der Waals surface area contributed by atoms with Gasteiger partial charge in [-0.2, -0.15) is 0 Å². The minimum atomic E-state index is -0.313. The van der Waals surface area contributed by atoms with Gasteiger partial charge in [-0.05, 0) is 37.2 Å². The average Bonchev–Trinajstić information content (AvgIpc) is 3.37. The molecule has 5 nitrogen and oxygen atoms in total. The highest BCUT2D eigenvalue weighted by molar-refractivity contribution is 5.88. The van der Waals surface area contributed by atoms with Crippen molar-refractivity contribution >= 4 is 11.8 Å². The summed E-state index contributed by atoms with van der Waals surface area (Å²) < 4.78 is 5.22. The SMILES string of the molecule is COCC1CC(=O)N(CC2CCN(C(=O)C3(c4ccccc4)CCCC3)CC2)C1. The number of carbonyl (C=O) groups is 2. The molecular formula is C24H34N2O3. The third-order valence-corrected chi connectivity index (χ3v) is 7.27. The first-order valence-electron chi connectivity index (χ1n) is 11.2. The summed E-state index contributed by atoms with van der Waals surface area (Å²) in [5.41, 5.74) is 0.878. The van der Waals surface area contributed by atoms with Gasteiger partial charge in [0.15, 0.2) is 0 Å². The number of hydrogen-bond acceptors (Lipinski definition) is 3. The summed E-state index contributed by atoms with van der Waals surface area (Å²) in [6.07, 6.45) is 6.82. The van der Waals surface area contributed by atoms with Crippen LogP contribution in [0.5, 0.6) is 0 Å². The van der Waals surface area contributed by atoms with E-state index in [-0.39, 0.29) is 11.3 Å². The van der Waals surface area contributed by atoms with Crippen molar-refractivity contribution < 1.29 is 14.3 Å². The third kappa shape index (κ3) is 4.20. The van der Waals surface area contributed by atoms with Crippen LogP contribution in [0, 0.1) is 11.8 Å². The largest absolute Gasteiger partial charge is 0.384 e. The number of amides is 2. The quantitative estimate of drug-likeness (QED) is 0.739. The van der Waals surface area contributed by atoms with E-state index in [1.165, 1.54) is 5.56 Å². The van der Waals surface area contributed by atoms with Crippen LogP contribution in [0.2, 0.25) is 0 Å². The molecule has 3 aliphatic rings. The maximum Gasteiger partial charge on any atom is 0.233 e. The first-order valence-corrected chi connectivity index (χ1v) is 11.2. The van der Waals surface area contributed by atoms with Crippen molar-refractivity contribution in [3.05, 3.63) is 35.9 Å². The van der Waals surface area contributed by atoms with Crippen LogP contribution in [0.3, 0.4) is 0 Å². The molecule has 1 aromatic rings. The lowest BCUT2D eigenvalue weighted by Crippen LogP contribution is -2.49. The Morgan fingerprint density at radius 1 is 1.10 bits per heavy atom. The van der Waals surface area contributed by atoms with Gasteiger partial charge in [-0.15, -0.1) is 0 Å². The van der Waals surface area contributed by atoms with Crippen LogP contribution in [0.1, 0.15) is 50.5 Å². The van der Waals surface area contributed by atoms with E-state index in [9.17, 15) is 9.59 Å². The maximum absolute atomic E-state index is 13.6. The van der Waals surface area contributed by atoms with Gasteiger partial charge in [0.1, 0.15) is 0 Å². The molecule has 5 heteroatoms. The Kier molecular flexibility index (Phi) is 6.23. The molecule has 1 aromatic carbocycles. The fraction of sp³-hybridized carbons (Fsp3) is 0.667. The lowest BCUT2D eigenvalue weighted by molar-refractivity contribution is -0.139. The van der Waals surface area contributed by atoms with Gasteiger partial charge >= 0.3 is 0 Å². The number of piperidine rings is 1. The van der Waals surface area contributed by atoms with Gasteiger partial charge in [0.05, 0.1) is 12.0 Å². The van der Waals surface area contributed by atoms with E-state index in [1.54, 1.807) is 7.11 Å². The Morgan fingerprint density at radius 2 is 1.79 bits per heavy atom. The van der Waals surface area contributed by atoms with E-state index in [1.807, 2.05) is 11.0 Å². The fourth-order valence-electron chi connectivity index (χ4n) is 5.67. The monoisotopic (exact) mass is 398 g/mol. The standard InChI is InChI=1S/C24H34N2O3/c1-29-18-20-15-22(27)26(17-20)16-19-9-13-25(14-10-19)23(28)24(11-5-6-12-24)21-7-3-2-4-8-21/h2-4,7-8,19-20H,5-6,9-18H2,1H3. The minimum absolute atomic E-state index is 0.263. The Bertz CT molecular complexity index is 706. The van der Waals surface area contributed by atoms with Crippen molar-refractivity contribution in [2.75, 3.05) is 39.9 Å². The van der Waals surface area contributed by atoms with Crippen molar-refractivity contribution in [2.24, 2.45) is 11.8 Å². The summed E-state index contributed by atoms with van der Waals surface area (Å²) in [7, 11) is 1.70. The molecule has 1 atom stereocenters. The summed E-state index contributed by atoms with van der Waals surface area (Å²) in [6.45, 7) is 3.97. The zero-order chi connectivity index (χ0) is 20.3. The van der Waals surface area contributed by atoms with Crippen molar-refractivity contribution in [1.82, 2.24) is 9.80 Å². The minimum Gasteiger partial charge on any atom is -0.384 e. The lowest BCUT2D eigenvalue weighted by Gasteiger charge is -2.39. The van der Waals surface area contributed by atoms with Gasteiger partial charge in [0.2, 0.25) is 11.8 Å². The van der Waals surface area contributed by atoms with Gasteiger partial charge in [-0.25, -0.2) is 0 Å². The van der Waals surface area contributed by atoms with Gasteiger partial charge < -0.3 is 14.5 Å². The molecule has 0 radical (unpaired) electrons. The molecule has 29 heavy (non-hydrogen) atoms. The summed E-state index contributed by atoms with van der Waals surface area (Å²) >= 11 is 0. The van der Waals surface area contributed by atoms with Gasteiger partial charge in [-0.3, -0.25) is 9.59 Å². The highest BCUT2D eigenvalue weighted by Crippen LogP contribution is 2.43. The van der Waals surface area contributed by atoms with Crippen molar-refractivity contribution in [3.8, 4) is 0 Å². The summed E-state index contributed by atoms with van der Waals surface area (Å²) in [5.74, 6) is 1.43.